The first-order valence-electron chi connectivity index (χ1n) is 6.99. The van der Waals surface area contributed by atoms with Gasteiger partial charge in [-0.3, -0.25) is 0 Å². The lowest BCUT2D eigenvalue weighted by Crippen LogP contribution is -1.97. The minimum atomic E-state index is -3.28. The molecule has 0 amide bonds. The van der Waals surface area contributed by atoms with Gasteiger partial charge in [-0.05, 0) is 42.1 Å². The average molecular weight is 373 g/mol. The van der Waals surface area contributed by atoms with Crippen LogP contribution in [0.5, 0.6) is 0 Å². The van der Waals surface area contributed by atoms with Crippen molar-refractivity contribution in [2.45, 2.75) is 14.3 Å². The highest BCUT2D eigenvalue weighted by atomic mass is 32.2. The maximum absolute atomic E-state index is 11.8. The van der Waals surface area contributed by atoms with Crippen LogP contribution >= 0.6 is 23.1 Å². The Morgan fingerprint density at radius 2 is 1.88 bits per heavy atom. The molecule has 0 N–H and O–H groups in total. The zero-order chi connectivity index (χ0) is 16.7. The fourth-order valence-electron chi connectivity index (χ4n) is 2.30. The van der Waals surface area contributed by atoms with Gasteiger partial charge in [-0.25, -0.2) is 23.4 Å². The fourth-order valence-corrected chi connectivity index (χ4v) is 5.00. The van der Waals surface area contributed by atoms with E-state index in [9.17, 15) is 8.42 Å². The molecule has 4 aromatic rings. The number of benzene rings is 2. The molecule has 2 heterocycles. The lowest BCUT2D eigenvalue weighted by Gasteiger charge is -2.05. The van der Waals surface area contributed by atoms with Crippen LogP contribution in [-0.4, -0.2) is 29.6 Å². The predicted molar refractivity (Wildman–Crippen MR) is 96.4 cm³/mol. The molecule has 0 aliphatic rings. The Morgan fingerprint density at radius 1 is 1.04 bits per heavy atom. The van der Waals surface area contributed by atoms with Crippen LogP contribution in [0.25, 0.3) is 21.1 Å². The number of thiazole rings is 1. The van der Waals surface area contributed by atoms with Gasteiger partial charge < -0.3 is 0 Å². The Morgan fingerprint density at radius 3 is 2.67 bits per heavy atom. The van der Waals surface area contributed by atoms with Crippen molar-refractivity contribution in [3.05, 3.63) is 48.8 Å². The molecule has 0 fully saturated rings. The normalized spacial score (nSPS) is 12.0. The molecule has 0 spiro atoms. The summed E-state index contributed by atoms with van der Waals surface area (Å²) in [5, 5.41) is 1.41. The number of sulfone groups is 1. The summed E-state index contributed by atoms with van der Waals surface area (Å²) in [4.78, 5) is 13.4. The summed E-state index contributed by atoms with van der Waals surface area (Å²) in [7, 11) is -3.28. The van der Waals surface area contributed by atoms with E-state index in [1.165, 1.54) is 24.3 Å². The highest BCUT2D eigenvalue weighted by Gasteiger charge is 2.13. The maximum atomic E-state index is 11.8. The van der Waals surface area contributed by atoms with Crippen LogP contribution in [0.3, 0.4) is 0 Å². The number of rotatable bonds is 3. The molecule has 120 valence electrons. The Kier molecular flexibility index (Phi) is 3.75. The summed E-state index contributed by atoms with van der Waals surface area (Å²) in [5.74, 6) is 0. The summed E-state index contributed by atoms with van der Waals surface area (Å²) in [5.41, 5.74) is 1.65. The van der Waals surface area contributed by atoms with Gasteiger partial charge in [0.2, 0.25) is 0 Å². The van der Waals surface area contributed by atoms with Crippen molar-refractivity contribution in [2.75, 3.05) is 6.26 Å². The minimum absolute atomic E-state index is 0.260. The van der Waals surface area contributed by atoms with Gasteiger partial charge in [0, 0.05) is 11.6 Å². The molecule has 24 heavy (non-hydrogen) atoms. The fraction of sp³-hybridized carbons (Fsp3) is 0.0625. The molecule has 2 aromatic carbocycles. The van der Waals surface area contributed by atoms with E-state index in [4.69, 9.17) is 0 Å². The average Bonchev–Trinajstić information content (AvgIpc) is 2.96. The van der Waals surface area contributed by atoms with Crippen molar-refractivity contribution in [3.63, 3.8) is 0 Å². The van der Waals surface area contributed by atoms with E-state index in [-0.39, 0.29) is 4.90 Å². The van der Waals surface area contributed by atoms with Crippen LogP contribution in [0.1, 0.15) is 0 Å². The highest BCUT2D eigenvalue weighted by molar-refractivity contribution is 8.01. The van der Waals surface area contributed by atoms with Crippen molar-refractivity contribution >= 4 is 54.1 Å². The highest BCUT2D eigenvalue weighted by Crippen LogP contribution is 2.36. The van der Waals surface area contributed by atoms with Gasteiger partial charge in [0.15, 0.2) is 14.2 Å². The van der Waals surface area contributed by atoms with Crippen molar-refractivity contribution in [3.8, 4) is 0 Å². The second-order valence-corrected chi connectivity index (χ2v) is 9.46. The van der Waals surface area contributed by atoms with E-state index in [0.29, 0.717) is 15.9 Å². The topological polar surface area (TPSA) is 72.8 Å². The lowest BCUT2D eigenvalue weighted by atomic mass is 10.2. The van der Waals surface area contributed by atoms with Gasteiger partial charge in [0.25, 0.3) is 0 Å². The molecule has 0 aliphatic carbocycles. The molecular formula is C16H11N3O2S3. The van der Waals surface area contributed by atoms with Gasteiger partial charge in [-0.1, -0.05) is 12.1 Å². The van der Waals surface area contributed by atoms with Gasteiger partial charge in [0.1, 0.15) is 11.4 Å². The Hall–Kier alpha value is -2.03. The first-order chi connectivity index (χ1) is 11.5. The number of hydrogen-bond donors (Lipinski definition) is 0. The zero-order valence-electron chi connectivity index (χ0n) is 12.5. The van der Waals surface area contributed by atoms with Gasteiger partial charge in [-0.2, -0.15) is 0 Å². The first-order valence-corrected chi connectivity index (χ1v) is 10.5. The Labute approximate surface area is 146 Å². The molecule has 2 aromatic heterocycles. The van der Waals surface area contributed by atoms with Crippen LogP contribution in [0.2, 0.25) is 0 Å². The van der Waals surface area contributed by atoms with Crippen molar-refractivity contribution < 1.29 is 8.42 Å². The summed E-state index contributed by atoms with van der Waals surface area (Å²) < 4.78 is 25.6. The van der Waals surface area contributed by atoms with E-state index in [1.807, 2.05) is 24.3 Å². The third-order valence-corrected chi connectivity index (χ3v) is 6.68. The Bertz CT molecular complexity index is 1140. The van der Waals surface area contributed by atoms with Crippen LogP contribution < -0.4 is 0 Å². The molecule has 0 atom stereocenters. The molecule has 0 unspecified atom stereocenters. The van der Waals surface area contributed by atoms with Gasteiger partial charge in [0.05, 0.1) is 20.6 Å². The Balaban J connectivity index is 1.83. The van der Waals surface area contributed by atoms with E-state index in [1.54, 1.807) is 29.5 Å². The third kappa shape index (κ3) is 2.88. The summed E-state index contributed by atoms with van der Waals surface area (Å²) in [6, 6.07) is 12.8. The second kappa shape index (κ2) is 5.80. The van der Waals surface area contributed by atoms with E-state index >= 15 is 0 Å². The largest absolute Gasteiger partial charge is 0.236 e. The molecule has 0 bridgehead atoms. The van der Waals surface area contributed by atoms with E-state index in [0.717, 1.165) is 14.6 Å². The van der Waals surface area contributed by atoms with Crippen molar-refractivity contribution in [1.29, 1.82) is 0 Å². The quantitative estimate of drug-likeness (QED) is 0.509. The van der Waals surface area contributed by atoms with Crippen LogP contribution in [0.4, 0.5) is 0 Å². The molecule has 4 rings (SSSR count). The SMILES string of the molecule is CS(=O)(=O)c1ccc2ncnc(Sc3nc4ccccc4s3)c2c1. The molecular weight excluding hydrogens is 362 g/mol. The molecule has 8 heteroatoms. The van der Waals surface area contributed by atoms with Crippen molar-refractivity contribution in [2.24, 2.45) is 0 Å². The van der Waals surface area contributed by atoms with Crippen LogP contribution in [-0.2, 0) is 9.84 Å². The summed E-state index contributed by atoms with van der Waals surface area (Å²) in [6.07, 6.45) is 2.68. The van der Waals surface area contributed by atoms with Crippen molar-refractivity contribution in [1.82, 2.24) is 15.0 Å². The first kappa shape index (κ1) is 15.5. The monoisotopic (exact) mass is 373 g/mol. The van der Waals surface area contributed by atoms with E-state index in [2.05, 4.69) is 15.0 Å². The standard InChI is InChI=1S/C16H11N3O2S3/c1-24(20,21)10-6-7-12-11(8-10)15(18-9-17-12)23-16-19-13-4-2-3-5-14(13)22-16/h2-9H,1H3. The number of fused-ring (bicyclic) bond motifs is 2. The molecule has 0 aliphatic heterocycles. The second-order valence-electron chi connectivity index (χ2n) is 5.18. The van der Waals surface area contributed by atoms with Crippen LogP contribution in [0, 0.1) is 0 Å². The van der Waals surface area contributed by atoms with Gasteiger partial charge >= 0.3 is 0 Å². The predicted octanol–water partition coefficient (Wildman–Crippen LogP) is 3.79. The smallest absolute Gasteiger partial charge is 0.175 e. The minimum Gasteiger partial charge on any atom is -0.236 e. The number of aromatic nitrogens is 3. The van der Waals surface area contributed by atoms with E-state index < -0.39 is 9.84 Å². The molecule has 5 nitrogen and oxygen atoms in total. The zero-order valence-corrected chi connectivity index (χ0v) is 15.0. The molecule has 0 saturated heterocycles. The summed E-state index contributed by atoms with van der Waals surface area (Å²) in [6.45, 7) is 0. The maximum Gasteiger partial charge on any atom is 0.175 e. The molecule has 0 saturated carbocycles. The lowest BCUT2D eigenvalue weighted by molar-refractivity contribution is 0.602. The number of para-hydroxylation sites is 1. The number of hydrogen-bond acceptors (Lipinski definition) is 7. The number of nitrogens with zero attached hydrogens (tertiary/aromatic N) is 3. The molecule has 0 radical (unpaired) electrons. The van der Waals surface area contributed by atoms with Gasteiger partial charge in [-0.15, -0.1) is 11.3 Å². The third-order valence-electron chi connectivity index (χ3n) is 3.46. The van der Waals surface area contributed by atoms with Crippen LogP contribution in [0.15, 0.2) is 63.1 Å². The summed E-state index contributed by atoms with van der Waals surface area (Å²) >= 11 is 3.01.